The molecule has 6 heteroatoms. The SMILES string of the molecule is CN(C)CCNC(=O)c1cccc2ccc(-c3ccccc3)nc12.Cl.Cl. The van der Waals surface area contributed by atoms with Crippen LogP contribution < -0.4 is 5.32 Å². The summed E-state index contributed by atoms with van der Waals surface area (Å²) in [6.45, 7) is 1.42. The highest BCUT2D eigenvalue weighted by Gasteiger charge is 2.12. The number of nitrogens with zero attached hydrogens (tertiary/aromatic N) is 2. The Morgan fingerprint density at radius 1 is 0.962 bits per heavy atom. The van der Waals surface area contributed by atoms with Crippen LogP contribution in [0.25, 0.3) is 22.2 Å². The number of benzene rings is 2. The fourth-order valence-electron chi connectivity index (χ4n) is 2.59. The topological polar surface area (TPSA) is 45.2 Å². The molecule has 0 spiro atoms. The van der Waals surface area contributed by atoms with Gasteiger partial charge in [-0.3, -0.25) is 4.79 Å². The lowest BCUT2D eigenvalue weighted by Crippen LogP contribution is -2.31. The first-order valence-corrected chi connectivity index (χ1v) is 8.03. The third-order valence-electron chi connectivity index (χ3n) is 3.88. The number of amides is 1. The number of nitrogens with one attached hydrogen (secondary N) is 1. The molecule has 1 aromatic heterocycles. The van der Waals surface area contributed by atoms with Gasteiger partial charge >= 0.3 is 0 Å². The second-order valence-electron chi connectivity index (χ2n) is 6.00. The molecule has 4 nitrogen and oxygen atoms in total. The zero-order chi connectivity index (χ0) is 16.9. The first-order chi connectivity index (χ1) is 11.6. The fraction of sp³-hybridized carbons (Fsp3) is 0.200. The van der Waals surface area contributed by atoms with Crippen LogP contribution in [-0.4, -0.2) is 43.0 Å². The number of aromatic nitrogens is 1. The molecule has 0 unspecified atom stereocenters. The summed E-state index contributed by atoms with van der Waals surface area (Å²) in [6.07, 6.45) is 0. The molecule has 0 aliphatic rings. The minimum absolute atomic E-state index is 0. The first kappa shape index (κ1) is 21.9. The molecule has 0 aliphatic carbocycles. The van der Waals surface area contributed by atoms with Crippen molar-refractivity contribution in [2.24, 2.45) is 0 Å². The van der Waals surface area contributed by atoms with Gasteiger partial charge in [0.15, 0.2) is 0 Å². The number of hydrogen-bond donors (Lipinski definition) is 1. The quantitative estimate of drug-likeness (QED) is 0.713. The maximum absolute atomic E-state index is 12.5. The predicted octanol–water partition coefficient (Wildman–Crippen LogP) is 4.04. The molecular weight excluding hydrogens is 369 g/mol. The van der Waals surface area contributed by atoms with Gasteiger partial charge in [0.25, 0.3) is 5.91 Å². The molecular formula is C20H23Cl2N3O. The highest BCUT2D eigenvalue weighted by Crippen LogP contribution is 2.23. The molecule has 0 radical (unpaired) electrons. The van der Waals surface area contributed by atoms with E-state index in [1.54, 1.807) is 0 Å². The maximum atomic E-state index is 12.5. The molecule has 3 aromatic rings. The van der Waals surface area contributed by atoms with Gasteiger partial charge in [-0.05, 0) is 26.2 Å². The number of halogens is 2. The van der Waals surface area contributed by atoms with Gasteiger partial charge in [0.05, 0.1) is 16.8 Å². The number of carbonyl (C=O) groups is 1. The van der Waals surface area contributed by atoms with Crippen LogP contribution in [0.1, 0.15) is 10.4 Å². The van der Waals surface area contributed by atoms with Crippen molar-refractivity contribution in [1.82, 2.24) is 15.2 Å². The van der Waals surface area contributed by atoms with Crippen molar-refractivity contribution >= 4 is 41.6 Å². The van der Waals surface area contributed by atoms with Crippen LogP contribution in [0.2, 0.25) is 0 Å². The van der Waals surface area contributed by atoms with Crippen LogP contribution in [0.4, 0.5) is 0 Å². The summed E-state index contributed by atoms with van der Waals surface area (Å²) in [4.78, 5) is 19.3. The van der Waals surface area contributed by atoms with E-state index in [0.717, 1.165) is 28.7 Å². The Balaban J connectivity index is 0.00000169. The van der Waals surface area contributed by atoms with Crippen LogP contribution in [-0.2, 0) is 0 Å². The molecule has 0 saturated heterocycles. The highest BCUT2D eigenvalue weighted by atomic mass is 35.5. The second-order valence-corrected chi connectivity index (χ2v) is 6.00. The molecule has 2 aromatic carbocycles. The van der Waals surface area contributed by atoms with E-state index in [9.17, 15) is 4.79 Å². The van der Waals surface area contributed by atoms with Gasteiger partial charge in [-0.25, -0.2) is 4.98 Å². The van der Waals surface area contributed by atoms with E-state index in [-0.39, 0.29) is 30.7 Å². The highest BCUT2D eigenvalue weighted by molar-refractivity contribution is 6.05. The molecule has 1 amide bonds. The van der Waals surface area contributed by atoms with Crippen molar-refractivity contribution < 1.29 is 4.79 Å². The van der Waals surface area contributed by atoms with Gasteiger partial charge in [-0.1, -0.05) is 48.5 Å². The minimum Gasteiger partial charge on any atom is -0.351 e. The van der Waals surface area contributed by atoms with Crippen molar-refractivity contribution in [1.29, 1.82) is 0 Å². The molecule has 1 N–H and O–H groups in total. The summed E-state index contributed by atoms with van der Waals surface area (Å²) in [7, 11) is 3.97. The monoisotopic (exact) mass is 391 g/mol. The fourth-order valence-corrected chi connectivity index (χ4v) is 2.59. The maximum Gasteiger partial charge on any atom is 0.253 e. The molecule has 26 heavy (non-hydrogen) atoms. The van der Waals surface area contributed by atoms with Gasteiger partial charge in [0.2, 0.25) is 0 Å². The number of rotatable bonds is 5. The number of pyridine rings is 1. The molecule has 0 fully saturated rings. The average Bonchev–Trinajstić information content (AvgIpc) is 2.61. The van der Waals surface area contributed by atoms with E-state index in [1.165, 1.54) is 0 Å². The number of hydrogen-bond acceptors (Lipinski definition) is 3. The predicted molar refractivity (Wildman–Crippen MR) is 113 cm³/mol. The molecule has 0 saturated carbocycles. The van der Waals surface area contributed by atoms with E-state index in [4.69, 9.17) is 4.98 Å². The van der Waals surface area contributed by atoms with E-state index in [1.807, 2.05) is 79.7 Å². The summed E-state index contributed by atoms with van der Waals surface area (Å²) >= 11 is 0. The molecule has 0 bridgehead atoms. The van der Waals surface area contributed by atoms with E-state index in [0.29, 0.717) is 12.1 Å². The van der Waals surface area contributed by atoms with Gasteiger partial charge in [-0.2, -0.15) is 0 Å². The average molecular weight is 392 g/mol. The lowest BCUT2D eigenvalue weighted by atomic mass is 10.1. The molecule has 138 valence electrons. The van der Waals surface area contributed by atoms with E-state index >= 15 is 0 Å². The Kier molecular flexibility index (Phi) is 8.52. The molecule has 0 atom stereocenters. The minimum atomic E-state index is -0.0832. The second kappa shape index (κ2) is 10.1. The van der Waals surface area contributed by atoms with E-state index in [2.05, 4.69) is 5.32 Å². The Labute approximate surface area is 166 Å². The zero-order valence-electron chi connectivity index (χ0n) is 14.8. The lowest BCUT2D eigenvalue weighted by molar-refractivity contribution is 0.0952. The van der Waals surface area contributed by atoms with E-state index < -0.39 is 0 Å². The smallest absolute Gasteiger partial charge is 0.253 e. The van der Waals surface area contributed by atoms with Crippen molar-refractivity contribution in [3.63, 3.8) is 0 Å². The summed E-state index contributed by atoms with van der Waals surface area (Å²) in [6, 6.07) is 19.7. The van der Waals surface area contributed by atoms with Gasteiger partial charge < -0.3 is 10.2 Å². The largest absolute Gasteiger partial charge is 0.351 e. The number of para-hydroxylation sites is 1. The normalized spacial score (nSPS) is 10.1. The van der Waals surface area contributed by atoms with Crippen LogP contribution in [0.3, 0.4) is 0 Å². The van der Waals surface area contributed by atoms with Crippen LogP contribution in [0, 0.1) is 0 Å². The van der Waals surface area contributed by atoms with Crippen molar-refractivity contribution in [3.05, 3.63) is 66.2 Å². The van der Waals surface area contributed by atoms with Crippen molar-refractivity contribution in [3.8, 4) is 11.3 Å². The molecule has 1 heterocycles. The number of fused-ring (bicyclic) bond motifs is 1. The van der Waals surface area contributed by atoms with Gasteiger partial charge in [-0.15, -0.1) is 24.8 Å². The number of carbonyl (C=O) groups excluding carboxylic acids is 1. The van der Waals surface area contributed by atoms with Crippen LogP contribution in [0.15, 0.2) is 60.7 Å². The van der Waals surface area contributed by atoms with Crippen LogP contribution in [0.5, 0.6) is 0 Å². The van der Waals surface area contributed by atoms with Gasteiger partial charge in [0, 0.05) is 24.0 Å². The molecule has 3 rings (SSSR count). The van der Waals surface area contributed by atoms with Crippen molar-refractivity contribution in [2.45, 2.75) is 0 Å². The third kappa shape index (κ3) is 5.18. The summed E-state index contributed by atoms with van der Waals surface area (Å²) in [5.74, 6) is -0.0832. The Hall–Kier alpha value is -2.14. The summed E-state index contributed by atoms with van der Waals surface area (Å²) in [5.41, 5.74) is 3.27. The van der Waals surface area contributed by atoms with Crippen LogP contribution >= 0.6 is 24.8 Å². The summed E-state index contributed by atoms with van der Waals surface area (Å²) in [5, 5.41) is 3.93. The molecule has 0 aliphatic heterocycles. The Morgan fingerprint density at radius 3 is 2.38 bits per heavy atom. The Bertz CT molecular complexity index is 854. The third-order valence-corrected chi connectivity index (χ3v) is 3.88. The van der Waals surface area contributed by atoms with Crippen molar-refractivity contribution in [2.75, 3.05) is 27.2 Å². The standard InChI is InChI=1S/C20H21N3O.2ClH/c1-23(2)14-13-21-20(24)17-10-6-9-16-11-12-18(22-19(16)17)15-7-4-3-5-8-15;;/h3-12H,13-14H2,1-2H3,(H,21,24);2*1H. The lowest BCUT2D eigenvalue weighted by Gasteiger charge is -2.12. The first-order valence-electron chi connectivity index (χ1n) is 8.03. The Morgan fingerprint density at radius 2 is 1.69 bits per heavy atom. The zero-order valence-corrected chi connectivity index (χ0v) is 16.4. The number of likely N-dealkylation sites (N-methyl/N-ethyl adjacent to an activating group) is 1. The van der Waals surface area contributed by atoms with Gasteiger partial charge in [0.1, 0.15) is 0 Å². The summed E-state index contributed by atoms with van der Waals surface area (Å²) < 4.78 is 0.